The Bertz CT molecular complexity index is 867. The number of piperazine rings is 1. The van der Waals surface area contributed by atoms with Crippen molar-refractivity contribution in [2.45, 2.75) is 33.9 Å². The fourth-order valence-corrected chi connectivity index (χ4v) is 3.56. The number of anilines is 1. The molecule has 1 saturated heterocycles. The van der Waals surface area contributed by atoms with Crippen molar-refractivity contribution < 1.29 is 4.74 Å². The van der Waals surface area contributed by atoms with Crippen molar-refractivity contribution in [3.8, 4) is 5.75 Å². The number of pyridine rings is 1. The molecule has 1 aliphatic rings. The lowest BCUT2D eigenvalue weighted by Gasteiger charge is -2.33. The first-order valence-corrected chi connectivity index (χ1v) is 11.2. The summed E-state index contributed by atoms with van der Waals surface area (Å²) in [6.45, 7) is 13.1. The average molecular weight is 553 g/mol. The molecule has 3 rings (SSSR count). The van der Waals surface area contributed by atoms with Gasteiger partial charge >= 0.3 is 0 Å². The maximum atomic E-state index is 5.80. The SMILES string of the molecule is CCNC(=NCc1ccnc(N2CCN(C)CC2)c1)NCc1ccc(C)cc1OCC.I. The van der Waals surface area contributed by atoms with Gasteiger partial charge in [-0.25, -0.2) is 9.98 Å². The van der Waals surface area contributed by atoms with Gasteiger partial charge in [-0.05, 0) is 57.1 Å². The van der Waals surface area contributed by atoms with E-state index >= 15 is 0 Å². The van der Waals surface area contributed by atoms with Crippen LogP contribution in [0.1, 0.15) is 30.5 Å². The zero-order chi connectivity index (χ0) is 22.1. The van der Waals surface area contributed by atoms with Crippen LogP contribution in [0.25, 0.3) is 0 Å². The minimum atomic E-state index is 0. The first-order valence-electron chi connectivity index (χ1n) is 11.2. The lowest BCUT2D eigenvalue weighted by Crippen LogP contribution is -2.44. The maximum absolute atomic E-state index is 5.80. The zero-order valence-electron chi connectivity index (χ0n) is 19.7. The molecular weight excluding hydrogens is 515 g/mol. The van der Waals surface area contributed by atoms with Crippen LogP contribution in [0.4, 0.5) is 5.82 Å². The summed E-state index contributed by atoms with van der Waals surface area (Å²) >= 11 is 0. The van der Waals surface area contributed by atoms with Gasteiger partial charge < -0.3 is 25.2 Å². The predicted octanol–water partition coefficient (Wildman–Crippen LogP) is 3.41. The van der Waals surface area contributed by atoms with Gasteiger partial charge in [0.2, 0.25) is 0 Å². The minimum absolute atomic E-state index is 0. The molecule has 7 nitrogen and oxygen atoms in total. The number of halogens is 1. The lowest BCUT2D eigenvalue weighted by molar-refractivity contribution is 0.312. The molecule has 32 heavy (non-hydrogen) atoms. The van der Waals surface area contributed by atoms with Crippen LogP contribution in [0, 0.1) is 6.92 Å². The van der Waals surface area contributed by atoms with E-state index in [0.717, 1.165) is 61.4 Å². The van der Waals surface area contributed by atoms with Gasteiger partial charge in [0.05, 0.1) is 13.2 Å². The third kappa shape index (κ3) is 7.81. The van der Waals surface area contributed by atoms with E-state index in [1.54, 1.807) is 0 Å². The standard InChI is InChI=1S/C24H36N6O.HI/c1-5-25-24(28-18-21-8-7-19(3)15-22(21)31-6-2)27-17-20-9-10-26-23(16-20)30-13-11-29(4)12-14-30;/h7-10,15-16H,5-6,11-14,17-18H2,1-4H3,(H2,25,27,28);1H. The first-order chi connectivity index (χ1) is 15.1. The Morgan fingerprint density at radius 3 is 2.59 bits per heavy atom. The zero-order valence-corrected chi connectivity index (χ0v) is 22.1. The van der Waals surface area contributed by atoms with E-state index in [1.165, 1.54) is 5.56 Å². The number of rotatable bonds is 8. The number of nitrogens with one attached hydrogen (secondary N) is 2. The summed E-state index contributed by atoms with van der Waals surface area (Å²) in [5.74, 6) is 2.76. The largest absolute Gasteiger partial charge is 0.494 e. The van der Waals surface area contributed by atoms with Gasteiger partial charge in [0.25, 0.3) is 0 Å². The van der Waals surface area contributed by atoms with Crippen molar-refractivity contribution in [3.63, 3.8) is 0 Å². The highest BCUT2D eigenvalue weighted by molar-refractivity contribution is 14.0. The number of ether oxygens (including phenoxy) is 1. The molecule has 0 unspecified atom stereocenters. The Hall–Kier alpha value is -2.07. The average Bonchev–Trinajstić information content (AvgIpc) is 2.77. The van der Waals surface area contributed by atoms with Crippen molar-refractivity contribution in [1.29, 1.82) is 0 Å². The van der Waals surface area contributed by atoms with Crippen LogP contribution < -0.4 is 20.3 Å². The Balaban J connectivity index is 0.00000363. The third-order valence-electron chi connectivity index (χ3n) is 5.37. The van der Waals surface area contributed by atoms with E-state index in [9.17, 15) is 0 Å². The summed E-state index contributed by atoms with van der Waals surface area (Å²) in [6, 6.07) is 10.5. The van der Waals surface area contributed by atoms with Crippen LogP contribution in [-0.2, 0) is 13.1 Å². The summed E-state index contributed by atoms with van der Waals surface area (Å²) in [5.41, 5.74) is 3.48. The molecule has 0 amide bonds. The molecule has 0 saturated carbocycles. The Kier molecular flexibility index (Phi) is 11.0. The summed E-state index contributed by atoms with van der Waals surface area (Å²) in [5, 5.41) is 6.77. The van der Waals surface area contributed by atoms with Crippen LogP contribution in [-0.4, -0.2) is 62.2 Å². The molecule has 2 heterocycles. The van der Waals surface area contributed by atoms with Gasteiger partial charge in [-0.3, -0.25) is 0 Å². The Labute approximate surface area is 209 Å². The molecule has 0 atom stereocenters. The second-order valence-electron chi connectivity index (χ2n) is 7.91. The third-order valence-corrected chi connectivity index (χ3v) is 5.37. The number of aliphatic imine (C=N–C) groups is 1. The predicted molar refractivity (Wildman–Crippen MR) is 143 cm³/mol. The van der Waals surface area contributed by atoms with Crippen molar-refractivity contribution in [2.75, 3.05) is 51.3 Å². The summed E-state index contributed by atoms with van der Waals surface area (Å²) in [6.07, 6.45) is 1.89. The normalized spacial score (nSPS) is 14.6. The van der Waals surface area contributed by atoms with E-state index in [-0.39, 0.29) is 24.0 Å². The van der Waals surface area contributed by atoms with Crippen LogP contribution in [0.15, 0.2) is 41.5 Å². The van der Waals surface area contributed by atoms with Crippen molar-refractivity contribution in [2.24, 2.45) is 4.99 Å². The number of likely N-dealkylation sites (N-methyl/N-ethyl adjacent to an activating group) is 1. The lowest BCUT2D eigenvalue weighted by atomic mass is 10.1. The number of hydrogen-bond acceptors (Lipinski definition) is 5. The summed E-state index contributed by atoms with van der Waals surface area (Å²) in [7, 11) is 2.17. The molecular formula is C24H37IN6O. The second kappa shape index (κ2) is 13.5. The number of aryl methyl sites for hydroxylation is 1. The maximum Gasteiger partial charge on any atom is 0.191 e. The highest BCUT2D eigenvalue weighted by Gasteiger charge is 2.15. The molecule has 1 aliphatic heterocycles. The Morgan fingerprint density at radius 2 is 1.88 bits per heavy atom. The molecule has 2 N–H and O–H groups in total. The van der Waals surface area contributed by atoms with Crippen LogP contribution in [0.5, 0.6) is 5.75 Å². The molecule has 2 aromatic rings. The second-order valence-corrected chi connectivity index (χ2v) is 7.91. The van der Waals surface area contributed by atoms with Crippen LogP contribution in [0.2, 0.25) is 0 Å². The van der Waals surface area contributed by atoms with E-state index < -0.39 is 0 Å². The van der Waals surface area contributed by atoms with Crippen molar-refractivity contribution in [3.05, 3.63) is 53.2 Å². The fraction of sp³-hybridized carbons (Fsp3) is 0.500. The van der Waals surface area contributed by atoms with Gasteiger partial charge in [-0.15, -0.1) is 24.0 Å². The van der Waals surface area contributed by atoms with Gasteiger partial charge in [-0.1, -0.05) is 12.1 Å². The number of guanidine groups is 1. The molecule has 0 bridgehead atoms. The van der Waals surface area contributed by atoms with Gasteiger partial charge in [0.1, 0.15) is 11.6 Å². The monoisotopic (exact) mass is 552 g/mol. The van der Waals surface area contributed by atoms with E-state index in [0.29, 0.717) is 19.7 Å². The van der Waals surface area contributed by atoms with Gasteiger partial charge in [-0.2, -0.15) is 0 Å². The van der Waals surface area contributed by atoms with E-state index in [2.05, 4.69) is 70.6 Å². The van der Waals surface area contributed by atoms with E-state index in [4.69, 9.17) is 9.73 Å². The molecule has 0 aliphatic carbocycles. The van der Waals surface area contributed by atoms with Crippen LogP contribution >= 0.6 is 24.0 Å². The van der Waals surface area contributed by atoms with Crippen molar-refractivity contribution in [1.82, 2.24) is 20.5 Å². The highest BCUT2D eigenvalue weighted by atomic mass is 127. The topological polar surface area (TPSA) is 65.0 Å². The number of nitrogens with zero attached hydrogens (tertiary/aromatic N) is 4. The quantitative estimate of drug-likeness (QED) is 0.298. The number of hydrogen-bond donors (Lipinski definition) is 2. The first kappa shape index (κ1) is 26.2. The summed E-state index contributed by atoms with van der Waals surface area (Å²) < 4.78 is 5.80. The molecule has 1 aromatic carbocycles. The fourth-order valence-electron chi connectivity index (χ4n) is 3.56. The summed E-state index contributed by atoms with van der Waals surface area (Å²) in [4.78, 5) is 14.1. The Morgan fingerprint density at radius 1 is 1.09 bits per heavy atom. The van der Waals surface area contributed by atoms with Gasteiger partial charge in [0.15, 0.2) is 5.96 Å². The van der Waals surface area contributed by atoms with Crippen molar-refractivity contribution >= 4 is 35.8 Å². The molecule has 1 aromatic heterocycles. The number of benzene rings is 1. The van der Waals surface area contributed by atoms with Crippen LogP contribution in [0.3, 0.4) is 0 Å². The van der Waals surface area contributed by atoms with Gasteiger partial charge in [0, 0.05) is 51.0 Å². The minimum Gasteiger partial charge on any atom is -0.494 e. The molecule has 8 heteroatoms. The molecule has 0 radical (unpaired) electrons. The molecule has 0 spiro atoms. The molecule has 176 valence electrons. The number of aromatic nitrogens is 1. The molecule has 1 fully saturated rings. The smallest absolute Gasteiger partial charge is 0.191 e. The highest BCUT2D eigenvalue weighted by Crippen LogP contribution is 2.20. The van der Waals surface area contributed by atoms with E-state index in [1.807, 2.05) is 19.2 Å².